The normalized spacial score (nSPS) is 11.5. The molecule has 2 aromatic carbocycles. The van der Waals surface area contributed by atoms with Crippen molar-refractivity contribution in [3.05, 3.63) is 66.2 Å². The van der Waals surface area contributed by atoms with Crippen LogP contribution in [-0.2, 0) is 10.0 Å². The summed E-state index contributed by atoms with van der Waals surface area (Å²) in [4.78, 5) is 14.6. The molecule has 0 aliphatic carbocycles. The fraction of sp³-hybridized carbons (Fsp3) is 0.200. The quantitative estimate of drug-likeness (QED) is 0.648. The first-order chi connectivity index (χ1) is 14.1. The van der Waals surface area contributed by atoms with Gasteiger partial charge in [0.25, 0.3) is 5.91 Å². The number of hydrogen-bond acceptors (Lipinski definition) is 5. The van der Waals surface area contributed by atoms with E-state index >= 15 is 0 Å². The van der Waals surface area contributed by atoms with Gasteiger partial charge in [-0.2, -0.15) is 5.10 Å². The van der Waals surface area contributed by atoms with Gasteiger partial charge in [-0.05, 0) is 36.4 Å². The molecule has 1 heterocycles. The number of nitrogens with zero attached hydrogens (tertiary/aromatic N) is 4. The fourth-order valence-electron chi connectivity index (χ4n) is 2.78. The highest BCUT2D eigenvalue weighted by atomic mass is 32.2. The zero-order valence-corrected chi connectivity index (χ0v) is 17.8. The second-order valence-electron chi connectivity index (χ2n) is 6.91. The molecule has 0 spiro atoms. The molecule has 0 fully saturated rings. The van der Waals surface area contributed by atoms with E-state index in [4.69, 9.17) is 0 Å². The highest BCUT2D eigenvalue weighted by Crippen LogP contribution is 2.29. The number of nitrogens with one attached hydrogen (secondary N) is 1. The van der Waals surface area contributed by atoms with Crippen molar-refractivity contribution in [2.45, 2.75) is 4.90 Å². The zero-order valence-electron chi connectivity index (χ0n) is 17.0. The summed E-state index contributed by atoms with van der Waals surface area (Å²) in [7, 11) is 2.74. The number of para-hydroxylation sites is 1. The van der Waals surface area contributed by atoms with Crippen LogP contribution in [0.4, 0.5) is 15.8 Å². The Kier molecular flexibility index (Phi) is 5.90. The van der Waals surface area contributed by atoms with Crippen LogP contribution >= 0.6 is 0 Å². The second kappa shape index (κ2) is 8.25. The molecule has 0 atom stereocenters. The van der Waals surface area contributed by atoms with Gasteiger partial charge in [0, 0.05) is 34.4 Å². The van der Waals surface area contributed by atoms with Crippen LogP contribution in [0, 0.1) is 5.82 Å². The Morgan fingerprint density at radius 2 is 1.77 bits per heavy atom. The average molecular weight is 431 g/mol. The van der Waals surface area contributed by atoms with Crippen molar-refractivity contribution < 1.29 is 17.6 Å². The molecule has 10 heteroatoms. The summed E-state index contributed by atoms with van der Waals surface area (Å²) < 4.78 is 41.3. The maximum atomic E-state index is 14.0. The van der Waals surface area contributed by atoms with Crippen LogP contribution in [0.5, 0.6) is 0 Å². The minimum atomic E-state index is -3.68. The van der Waals surface area contributed by atoms with Crippen LogP contribution < -0.4 is 10.2 Å². The fourth-order valence-corrected chi connectivity index (χ4v) is 3.71. The largest absolute Gasteiger partial charge is 0.376 e. The van der Waals surface area contributed by atoms with Crippen molar-refractivity contribution >= 4 is 27.3 Å². The molecule has 30 heavy (non-hydrogen) atoms. The molecule has 0 saturated carbocycles. The number of carbonyl (C=O) groups is 1. The van der Waals surface area contributed by atoms with Gasteiger partial charge in [-0.25, -0.2) is 21.8 Å². The van der Waals surface area contributed by atoms with Crippen LogP contribution in [0.1, 0.15) is 10.5 Å². The van der Waals surface area contributed by atoms with Gasteiger partial charge in [-0.1, -0.05) is 12.1 Å². The molecule has 1 aromatic heterocycles. The monoisotopic (exact) mass is 431 g/mol. The zero-order chi connectivity index (χ0) is 22.1. The van der Waals surface area contributed by atoms with E-state index in [1.165, 1.54) is 49.2 Å². The van der Waals surface area contributed by atoms with Gasteiger partial charge in [-0.15, -0.1) is 0 Å². The van der Waals surface area contributed by atoms with Crippen molar-refractivity contribution in [3.8, 4) is 5.69 Å². The number of aromatic nitrogens is 2. The van der Waals surface area contributed by atoms with E-state index in [1.54, 1.807) is 43.3 Å². The van der Waals surface area contributed by atoms with E-state index in [0.717, 1.165) is 4.31 Å². The van der Waals surface area contributed by atoms with Gasteiger partial charge >= 0.3 is 0 Å². The maximum Gasteiger partial charge on any atom is 0.276 e. The van der Waals surface area contributed by atoms with Crippen LogP contribution in [0.15, 0.2) is 59.6 Å². The summed E-state index contributed by atoms with van der Waals surface area (Å²) in [5.74, 6) is -1.02. The second-order valence-corrected chi connectivity index (χ2v) is 9.06. The Labute approximate surface area is 174 Å². The summed E-state index contributed by atoms with van der Waals surface area (Å²) >= 11 is 0. The number of benzene rings is 2. The molecule has 0 aliphatic rings. The smallest absolute Gasteiger partial charge is 0.276 e. The van der Waals surface area contributed by atoms with Crippen LogP contribution in [0.25, 0.3) is 5.69 Å². The molecule has 1 N–H and O–H groups in total. The summed E-state index contributed by atoms with van der Waals surface area (Å²) in [6.07, 6.45) is 1.48. The lowest BCUT2D eigenvalue weighted by Gasteiger charge is -2.20. The predicted octanol–water partition coefficient (Wildman–Crippen LogP) is 2.58. The molecule has 158 valence electrons. The molecule has 8 nitrogen and oxygen atoms in total. The van der Waals surface area contributed by atoms with Crippen molar-refractivity contribution in [1.82, 2.24) is 14.1 Å². The molecule has 0 unspecified atom stereocenters. The lowest BCUT2D eigenvalue weighted by Crippen LogP contribution is -2.23. The minimum Gasteiger partial charge on any atom is -0.376 e. The van der Waals surface area contributed by atoms with E-state index < -0.39 is 21.7 Å². The van der Waals surface area contributed by atoms with E-state index in [1.807, 2.05) is 0 Å². The van der Waals surface area contributed by atoms with Crippen LogP contribution in [-0.4, -0.2) is 56.6 Å². The number of sulfonamides is 1. The van der Waals surface area contributed by atoms with Gasteiger partial charge < -0.3 is 10.2 Å². The van der Waals surface area contributed by atoms with Gasteiger partial charge in [-0.3, -0.25) is 4.79 Å². The van der Waals surface area contributed by atoms with Gasteiger partial charge in [0.05, 0.1) is 16.3 Å². The number of amides is 1. The molecule has 0 radical (unpaired) electrons. The molecule has 0 saturated heterocycles. The lowest BCUT2D eigenvalue weighted by molar-refractivity contribution is 0.102. The first kappa shape index (κ1) is 21.5. The molecular weight excluding hydrogens is 409 g/mol. The summed E-state index contributed by atoms with van der Waals surface area (Å²) in [5.41, 5.74) is 1.20. The third-order valence-electron chi connectivity index (χ3n) is 4.40. The Hall–Kier alpha value is -3.24. The molecular formula is C20H22FN5O3S. The average Bonchev–Trinajstić information content (AvgIpc) is 3.18. The van der Waals surface area contributed by atoms with E-state index in [-0.39, 0.29) is 16.3 Å². The van der Waals surface area contributed by atoms with Crippen molar-refractivity contribution in [3.63, 3.8) is 0 Å². The maximum absolute atomic E-state index is 14.0. The molecule has 0 bridgehead atoms. The Morgan fingerprint density at radius 1 is 1.07 bits per heavy atom. The number of carbonyl (C=O) groups excluding carboxylic acids is 1. The standard InChI is InChI=1S/C20H22FN5O3S/c1-24(2)19-10-9-14(30(28,29)25(3)4)13-17(19)22-20(27)16-11-12-26(23-16)18-8-6-5-7-15(18)21/h5-13H,1-4H3,(H,22,27). The minimum absolute atomic E-state index is 0.0466. The van der Waals surface area contributed by atoms with E-state index in [0.29, 0.717) is 11.4 Å². The topological polar surface area (TPSA) is 87.5 Å². The number of hydrogen-bond donors (Lipinski definition) is 1. The van der Waals surface area contributed by atoms with Crippen molar-refractivity contribution in [2.24, 2.45) is 0 Å². The number of halogens is 1. The van der Waals surface area contributed by atoms with Crippen molar-refractivity contribution in [1.29, 1.82) is 0 Å². The first-order valence-electron chi connectivity index (χ1n) is 8.97. The first-order valence-corrected chi connectivity index (χ1v) is 10.4. The van der Waals surface area contributed by atoms with Crippen LogP contribution in [0.2, 0.25) is 0 Å². The summed E-state index contributed by atoms with van der Waals surface area (Å²) in [6, 6.07) is 12.0. The third-order valence-corrected chi connectivity index (χ3v) is 6.21. The van der Waals surface area contributed by atoms with E-state index in [2.05, 4.69) is 10.4 Å². The molecule has 1 amide bonds. The third kappa shape index (κ3) is 4.19. The van der Waals surface area contributed by atoms with E-state index in [9.17, 15) is 17.6 Å². The Bertz CT molecular complexity index is 1190. The highest BCUT2D eigenvalue weighted by molar-refractivity contribution is 7.89. The number of rotatable bonds is 6. The van der Waals surface area contributed by atoms with Gasteiger partial charge in [0.15, 0.2) is 5.69 Å². The highest BCUT2D eigenvalue weighted by Gasteiger charge is 2.21. The molecule has 0 aliphatic heterocycles. The predicted molar refractivity (Wildman–Crippen MR) is 113 cm³/mol. The molecule has 3 rings (SSSR count). The summed E-state index contributed by atoms with van der Waals surface area (Å²) in [6.45, 7) is 0. The number of anilines is 2. The Balaban J connectivity index is 1.94. The molecule has 3 aromatic rings. The van der Waals surface area contributed by atoms with Gasteiger partial charge in [0.1, 0.15) is 11.5 Å². The summed E-state index contributed by atoms with van der Waals surface area (Å²) in [5, 5.41) is 6.84. The Morgan fingerprint density at radius 3 is 2.40 bits per heavy atom. The lowest BCUT2D eigenvalue weighted by atomic mass is 10.2. The van der Waals surface area contributed by atoms with Gasteiger partial charge in [0.2, 0.25) is 10.0 Å². The SMILES string of the molecule is CN(C)c1ccc(S(=O)(=O)N(C)C)cc1NC(=O)c1ccn(-c2ccccc2F)n1. The van der Waals surface area contributed by atoms with Crippen LogP contribution in [0.3, 0.4) is 0 Å². The van der Waals surface area contributed by atoms with Crippen molar-refractivity contribution in [2.75, 3.05) is 38.4 Å².